The number of aromatic nitrogens is 3. The van der Waals surface area contributed by atoms with Crippen LogP contribution in [0.2, 0.25) is 0 Å². The summed E-state index contributed by atoms with van der Waals surface area (Å²) in [6.45, 7) is 1.18. The number of carbonyl (C=O) groups excluding carboxylic acids is 1. The zero-order chi connectivity index (χ0) is 22.9. The normalized spacial score (nSPS) is 21.5. The second-order valence-corrected chi connectivity index (χ2v) is 8.36. The number of piperidine rings is 1. The van der Waals surface area contributed by atoms with Crippen molar-refractivity contribution in [1.82, 2.24) is 19.9 Å². The maximum absolute atomic E-state index is 13.5. The highest BCUT2D eigenvalue weighted by molar-refractivity contribution is 5.97. The lowest BCUT2D eigenvalue weighted by Gasteiger charge is -2.36. The molecule has 6 heterocycles. The third-order valence-corrected chi connectivity index (χ3v) is 6.43. The van der Waals surface area contributed by atoms with E-state index < -0.39 is 24.0 Å². The van der Waals surface area contributed by atoms with Crippen LogP contribution in [0.5, 0.6) is 5.88 Å². The third kappa shape index (κ3) is 3.10. The van der Waals surface area contributed by atoms with E-state index in [0.29, 0.717) is 49.5 Å². The highest BCUT2D eigenvalue weighted by Crippen LogP contribution is 2.45. The number of carbonyl (C=O) groups is 1. The van der Waals surface area contributed by atoms with Crippen LogP contribution in [0, 0.1) is 0 Å². The van der Waals surface area contributed by atoms with Crippen molar-refractivity contribution >= 4 is 22.6 Å². The summed E-state index contributed by atoms with van der Waals surface area (Å²) >= 11 is 0. The molecule has 1 saturated heterocycles. The van der Waals surface area contributed by atoms with Gasteiger partial charge >= 0.3 is 6.18 Å². The van der Waals surface area contributed by atoms with E-state index in [1.807, 2.05) is 0 Å². The average molecular weight is 457 g/mol. The molecule has 11 heteroatoms. The number of likely N-dealkylation sites (tertiary alicyclic amines) is 1. The van der Waals surface area contributed by atoms with Gasteiger partial charge < -0.3 is 20.1 Å². The van der Waals surface area contributed by atoms with Crippen molar-refractivity contribution in [3.8, 4) is 5.88 Å². The molecule has 0 spiro atoms. The van der Waals surface area contributed by atoms with Crippen LogP contribution < -0.4 is 10.5 Å². The van der Waals surface area contributed by atoms with E-state index in [1.54, 1.807) is 11.0 Å². The SMILES string of the molecule is Nc1nc2cnc(C(=O)N3CCCC4Oc5nc(C(F)(F)F)ccc5[C@@H]43)cc2c2c1COC2. The number of rotatable bonds is 1. The van der Waals surface area contributed by atoms with Gasteiger partial charge in [-0.3, -0.25) is 4.79 Å². The van der Waals surface area contributed by atoms with Gasteiger partial charge in [0.25, 0.3) is 5.91 Å². The summed E-state index contributed by atoms with van der Waals surface area (Å²) in [6.07, 6.45) is -2.24. The number of fused-ring (bicyclic) bond motifs is 6. The van der Waals surface area contributed by atoms with Crippen molar-refractivity contribution in [2.75, 3.05) is 12.3 Å². The van der Waals surface area contributed by atoms with Crippen molar-refractivity contribution in [1.29, 1.82) is 0 Å². The number of nitrogens with two attached hydrogens (primary N) is 1. The molecular formula is C22H18F3N5O3. The van der Waals surface area contributed by atoms with E-state index in [9.17, 15) is 18.0 Å². The van der Waals surface area contributed by atoms with Crippen LogP contribution in [0.3, 0.4) is 0 Å². The molecule has 3 aromatic rings. The zero-order valence-corrected chi connectivity index (χ0v) is 17.2. The summed E-state index contributed by atoms with van der Waals surface area (Å²) in [5, 5.41) is 0.753. The smallest absolute Gasteiger partial charge is 0.433 e. The molecule has 1 amide bonds. The van der Waals surface area contributed by atoms with Crippen molar-refractivity contribution < 1.29 is 27.4 Å². The van der Waals surface area contributed by atoms with Gasteiger partial charge in [0, 0.05) is 23.1 Å². The van der Waals surface area contributed by atoms with E-state index >= 15 is 0 Å². The first-order valence-electron chi connectivity index (χ1n) is 10.5. The van der Waals surface area contributed by atoms with E-state index in [2.05, 4.69) is 15.0 Å². The lowest BCUT2D eigenvalue weighted by atomic mass is 9.94. The summed E-state index contributed by atoms with van der Waals surface area (Å²) in [7, 11) is 0. The summed E-state index contributed by atoms with van der Waals surface area (Å²) in [5.41, 5.74) is 7.97. The molecular weight excluding hydrogens is 439 g/mol. The maximum atomic E-state index is 13.5. The first-order valence-corrected chi connectivity index (χ1v) is 10.5. The Morgan fingerprint density at radius 2 is 2.00 bits per heavy atom. The molecule has 0 radical (unpaired) electrons. The highest BCUT2D eigenvalue weighted by Gasteiger charge is 2.45. The fourth-order valence-corrected chi connectivity index (χ4v) is 4.89. The Balaban J connectivity index is 1.38. The molecule has 6 rings (SSSR count). The second-order valence-electron chi connectivity index (χ2n) is 8.36. The van der Waals surface area contributed by atoms with Gasteiger partial charge in [0.2, 0.25) is 5.88 Å². The summed E-state index contributed by atoms with van der Waals surface area (Å²) in [4.78, 5) is 27.5. The number of hydrogen-bond acceptors (Lipinski definition) is 7. The number of pyridine rings is 3. The molecule has 33 heavy (non-hydrogen) atoms. The first-order chi connectivity index (χ1) is 15.8. The Morgan fingerprint density at radius 1 is 1.18 bits per heavy atom. The predicted molar refractivity (Wildman–Crippen MR) is 109 cm³/mol. The van der Waals surface area contributed by atoms with Crippen LogP contribution in [-0.2, 0) is 24.1 Å². The van der Waals surface area contributed by atoms with Crippen LogP contribution in [-0.4, -0.2) is 38.4 Å². The van der Waals surface area contributed by atoms with Crippen molar-refractivity contribution in [2.45, 2.75) is 44.4 Å². The molecule has 0 saturated carbocycles. The van der Waals surface area contributed by atoms with E-state index in [4.69, 9.17) is 15.2 Å². The Bertz CT molecular complexity index is 1310. The van der Waals surface area contributed by atoms with E-state index in [0.717, 1.165) is 22.6 Å². The molecule has 3 aromatic heterocycles. The maximum Gasteiger partial charge on any atom is 0.433 e. The summed E-state index contributed by atoms with van der Waals surface area (Å²) in [5.74, 6) is -0.00624. The van der Waals surface area contributed by atoms with Crippen LogP contribution in [0.15, 0.2) is 24.4 Å². The van der Waals surface area contributed by atoms with Crippen LogP contribution in [0.25, 0.3) is 10.9 Å². The molecule has 3 aliphatic rings. The number of amides is 1. The van der Waals surface area contributed by atoms with Gasteiger partial charge in [-0.2, -0.15) is 13.2 Å². The number of nitrogen functional groups attached to an aromatic ring is 1. The predicted octanol–water partition coefficient (Wildman–Crippen LogP) is 3.39. The Kier molecular flexibility index (Phi) is 4.28. The molecule has 2 atom stereocenters. The highest BCUT2D eigenvalue weighted by atomic mass is 19.4. The van der Waals surface area contributed by atoms with Crippen molar-refractivity contribution in [2.24, 2.45) is 0 Å². The lowest BCUT2D eigenvalue weighted by Crippen LogP contribution is -2.44. The molecule has 3 aliphatic heterocycles. The van der Waals surface area contributed by atoms with Gasteiger partial charge in [0.15, 0.2) is 0 Å². The molecule has 0 bridgehead atoms. The minimum Gasteiger partial charge on any atom is -0.472 e. The van der Waals surface area contributed by atoms with Gasteiger partial charge in [-0.15, -0.1) is 0 Å². The topological polar surface area (TPSA) is 103 Å². The Labute approximate surface area is 185 Å². The van der Waals surface area contributed by atoms with Crippen LogP contribution in [0.1, 0.15) is 51.8 Å². The number of alkyl halides is 3. The Morgan fingerprint density at radius 3 is 2.82 bits per heavy atom. The van der Waals surface area contributed by atoms with Crippen molar-refractivity contribution in [3.05, 3.63) is 52.5 Å². The van der Waals surface area contributed by atoms with Crippen LogP contribution >= 0.6 is 0 Å². The third-order valence-electron chi connectivity index (χ3n) is 6.43. The molecule has 170 valence electrons. The van der Waals surface area contributed by atoms with Crippen LogP contribution in [0.4, 0.5) is 19.0 Å². The number of anilines is 1. The van der Waals surface area contributed by atoms with Gasteiger partial charge in [-0.25, -0.2) is 15.0 Å². The van der Waals surface area contributed by atoms with Gasteiger partial charge in [-0.05, 0) is 36.6 Å². The number of hydrogen-bond donors (Lipinski definition) is 1. The minimum atomic E-state index is -4.57. The lowest BCUT2D eigenvalue weighted by molar-refractivity contribution is -0.141. The molecule has 0 aliphatic carbocycles. The molecule has 1 fully saturated rings. The molecule has 2 N–H and O–H groups in total. The molecule has 1 unspecified atom stereocenters. The first kappa shape index (κ1) is 20.2. The van der Waals surface area contributed by atoms with E-state index in [-0.39, 0.29) is 17.5 Å². The van der Waals surface area contributed by atoms with Gasteiger partial charge in [-0.1, -0.05) is 0 Å². The average Bonchev–Trinajstić information content (AvgIpc) is 3.43. The largest absolute Gasteiger partial charge is 0.472 e. The van der Waals surface area contributed by atoms with Gasteiger partial charge in [0.05, 0.1) is 31.0 Å². The summed E-state index contributed by atoms with van der Waals surface area (Å²) in [6, 6.07) is 3.44. The zero-order valence-electron chi connectivity index (χ0n) is 17.2. The molecule has 0 aromatic carbocycles. The monoisotopic (exact) mass is 457 g/mol. The summed E-state index contributed by atoms with van der Waals surface area (Å²) < 4.78 is 50.5. The molecule has 8 nitrogen and oxygen atoms in total. The number of ether oxygens (including phenoxy) is 2. The Hall–Kier alpha value is -3.47. The fourth-order valence-electron chi connectivity index (χ4n) is 4.89. The van der Waals surface area contributed by atoms with Gasteiger partial charge in [0.1, 0.15) is 23.3 Å². The van der Waals surface area contributed by atoms with Crippen molar-refractivity contribution in [3.63, 3.8) is 0 Å². The standard InChI is InChI=1S/C22H18F3N5O3/c23-22(24,25)17-4-3-10-18-16(33-20(10)29-17)2-1-5-30(18)21(31)14-6-11-12-8-32-9-13(12)19(26)28-15(11)7-27-14/h3-4,6-7,16,18H,1-2,5,8-9H2,(H2,26,28)/t16?,18-/m0/s1. The minimum absolute atomic E-state index is 0.0689. The van der Waals surface area contributed by atoms with E-state index in [1.165, 1.54) is 12.3 Å². The number of halogens is 3. The quantitative estimate of drug-likeness (QED) is 0.597. The number of nitrogens with zero attached hydrogens (tertiary/aromatic N) is 4. The fraction of sp³-hybridized carbons (Fsp3) is 0.364. The second kappa shape index (κ2) is 7.01.